The van der Waals surface area contributed by atoms with Crippen molar-refractivity contribution in [3.63, 3.8) is 0 Å². The van der Waals surface area contributed by atoms with Crippen LogP contribution in [0.4, 0.5) is 0 Å². The molecule has 0 bridgehead atoms. The van der Waals surface area contributed by atoms with Gasteiger partial charge in [0.15, 0.2) is 0 Å². The summed E-state index contributed by atoms with van der Waals surface area (Å²) in [4.78, 5) is 11.9. The number of aryl methyl sites for hydroxylation is 1. The number of carbonyl (C=O) groups excluding carboxylic acids is 1. The quantitative estimate of drug-likeness (QED) is 0.511. The Bertz CT molecular complexity index is 366. The number of alkyl halides is 1. The Morgan fingerprint density at radius 1 is 1.50 bits per heavy atom. The Kier molecular flexibility index (Phi) is 5.59. The SMILES string of the molecule is COc1ccc(C)cc1C(=O)NCCCI. The molecule has 0 atom stereocenters. The minimum atomic E-state index is -0.0644. The Morgan fingerprint density at radius 3 is 2.88 bits per heavy atom. The van der Waals surface area contributed by atoms with Crippen molar-refractivity contribution in [2.75, 3.05) is 18.1 Å². The second kappa shape index (κ2) is 6.73. The molecule has 1 N–H and O–H groups in total. The number of methoxy groups -OCH3 is 1. The van der Waals surface area contributed by atoms with Gasteiger partial charge in [0, 0.05) is 11.0 Å². The third kappa shape index (κ3) is 3.66. The fraction of sp³-hybridized carbons (Fsp3) is 0.417. The fourth-order valence-electron chi connectivity index (χ4n) is 1.36. The Hall–Kier alpha value is -0.780. The Balaban J connectivity index is 2.76. The van der Waals surface area contributed by atoms with E-state index in [4.69, 9.17) is 4.74 Å². The highest BCUT2D eigenvalue weighted by Crippen LogP contribution is 2.19. The predicted molar refractivity (Wildman–Crippen MR) is 73.6 cm³/mol. The zero-order valence-corrected chi connectivity index (χ0v) is 11.7. The van der Waals surface area contributed by atoms with Gasteiger partial charge in [-0.3, -0.25) is 4.79 Å². The van der Waals surface area contributed by atoms with Crippen LogP contribution in [-0.4, -0.2) is 24.0 Å². The van der Waals surface area contributed by atoms with Crippen LogP contribution in [0.3, 0.4) is 0 Å². The molecule has 1 amide bonds. The summed E-state index contributed by atoms with van der Waals surface area (Å²) in [5.41, 5.74) is 1.66. The fourth-order valence-corrected chi connectivity index (χ4v) is 1.74. The number of halogens is 1. The van der Waals surface area contributed by atoms with Gasteiger partial charge in [-0.25, -0.2) is 0 Å². The van der Waals surface area contributed by atoms with Crippen LogP contribution in [0.1, 0.15) is 22.3 Å². The van der Waals surface area contributed by atoms with Gasteiger partial charge in [-0.1, -0.05) is 34.2 Å². The molecule has 0 spiro atoms. The van der Waals surface area contributed by atoms with Gasteiger partial charge in [0.25, 0.3) is 5.91 Å². The molecular formula is C12H16INO2. The highest BCUT2D eigenvalue weighted by Gasteiger charge is 2.11. The molecule has 1 aromatic rings. The van der Waals surface area contributed by atoms with Crippen molar-refractivity contribution >= 4 is 28.5 Å². The topological polar surface area (TPSA) is 38.3 Å². The number of rotatable bonds is 5. The van der Waals surface area contributed by atoms with E-state index in [0.29, 0.717) is 17.9 Å². The first kappa shape index (κ1) is 13.3. The zero-order valence-electron chi connectivity index (χ0n) is 9.55. The van der Waals surface area contributed by atoms with E-state index in [2.05, 4.69) is 27.9 Å². The summed E-state index contributed by atoms with van der Waals surface area (Å²) in [5, 5.41) is 2.88. The summed E-state index contributed by atoms with van der Waals surface area (Å²) in [7, 11) is 1.58. The predicted octanol–water partition coefficient (Wildman–Crippen LogP) is 2.56. The number of hydrogen-bond donors (Lipinski definition) is 1. The van der Waals surface area contributed by atoms with Crippen LogP contribution in [0, 0.1) is 6.92 Å². The lowest BCUT2D eigenvalue weighted by Gasteiger charge is -2.09. The van der Waals surface area contributed by atoms with Gasteiger partial charge in [0.2, 0.25) is 0 Å². The van der Waals surface area contributed by atoms with Gasteiger partial charge in [0.05, 0.1) is 12.7 Å². The largest absolute Gasteiger partial charge is 0.496 e. The highest BCUT2D eigenvalue weighted by molar-refractivity contribution is 14.1. The molecule has 4 heteroatoms. The molecule has 1 aromatic carbocycles. The van der Waals surface area contributed by atoms with Gasteiger partial charge in [-0.15, -0.1) is 0 Å². The number of nitrogens with one attached hydrogen (secondary N) is 1. The lowest BCUT2D eigenvalue weighted by molar-refractivity contribution is 0.0951. The van der Waals surface area contributed by atoms with E-state index in [1.165, 1.54) is 0 Å². The van der Waals surface area contributed by atoms with Crippen molar-refractivity contribution in [2.45, 2.75) is 13.3 Å². The molecular weight excluding hydrogens is 317 g/mol. The molecule has 0 heterocycles. The highest BCUT2D eigenvalue weighted by atomic mass is 127. The lowest BCUT2D eigenvalue weighted by atomic mass is 10.1. The molecule has 0 aliphatic rings. The van der Waals surface area contributed by atoms with E-state index in [-0.39, 0.29) is 5.91 Å². The molecule has 0 aliphatic carbocycles. The number of benzene rings is 1. The van der Waals surface area contributed by atoms with Gasteiger partial charge in [0.1, 0.15) is 5.75 Å². The second-order valence-corrected chi connectivity index (χ2v) is 4.58. The van der Waals surface area contributed by atoms with Crippen LogP contribution in [0.5, 0.6) is 5.75 Å². The Labute approximate surface area is 110 Å². The van der Waals surface area contributed by atoms with Crippen LogP contribution in [-0.2, 0) is 0 Å². The number of hydrogen-bond acceptors (Lipinski definition) is 2. The zero-order chi connectivity index (χ0) is 12.0. The van der Waals surface area contributed by atoms with Crippen molar-refractivity contribution in [3.8, 4) is 5.75 Å². The molecule has 0 radical (unpaired) electrons. The molecule has 0 fully saturated rings. The summed E-state index contributed by atoms with van der Waals surface area (Å²) in [6.45, 7) is 2.67. The van der Waals surface area contributed by atoms with E-state index < -0.39 is 0 Å². The third-order valence-corrected chi connectivity index (χ3v) is 2.96. The molecule has 16 heavy (non-hydrogen) atoms. The molecule has 0 saturated heterocycles. The van der Waals surface area contributed by atoms with Crippen molar-refractivity contribution < 1.29 is 9.53 Å². The maximum Gasteiger partial charge on any atom is 0.255 e. The smallest absolute Gasteiger partial charge is 0.255 e. The molecule has 1 rings (SSSR count). The summed E-state index contributed by atoms with van der Waals surface area (Å²) in [6.07, 6.45) is 0.987. The van der Waals surface area contributed by atoms with Crippen LogP contribution in [0.2, 0.25) is 0 Å². The normalized spacial score (nSPS) is 9.94. The number of carbonyl (C=O) groups is 1. The van der Waals surface area contributed by atoms with Crippen molar-refractivity contribution in [2.24, 2.45) is 0 Å². The maximum absolute atomic E-state index is 11.9. The summed E-state index contributed by atoms with van der Waals surface area (Å²) in [6, 6.07) is 5.60. The molecule has 0 saturated carbocycles. The monoisotopic (exact) mass is 333 g/mol. The first-order valence-corrected chi connectivity index (χ1v) is 6.70. The van der Waals surface area contributed by atoms with Crippen LogP contribution in [0.25, 0.3) is 0 Å². The van der Waals surface area contributed by atoms with E-state index in [1.807, 2.05) is 25.1 Å². The van der Waals surface area contributed by atoms with E-state index in [9.17, 15) is 4.79 Å². The molecule has 0 aliphatic heterocycles. The standard InChI is InChI=1S/C12H16INO2/c1-9-4-5-11(16-2)10(8-9)12(15)14-7-3-6-13/h4-5,8H,3,6-7H2,1-2H3,(H,14,15). The van der Waals surface area contributed by atoms with Gasteiger partial charge in [-0.05, 0) is 25.5 Å². The van der Waals surface area contributed by atoms with E-state index >= 15 is 0 Å². The van der Waals surface area contributed by atoms with Crippen molar-refractivity contribution in [3.05, 3.63) is 29.3 Å². The summed E-state index contributed by atoms with van der Waals surface area (Å²) in [5.74, 6) is 0.558. The first-order valence-electron chi connectivity index (χ1n) is 5.18. The van der Waals surface area contributed by atoms with Gasteiger partial charge in [-0.2, -0.15) is 0 Å². The number of amides is 1. The van der Waals surface area contributed by atoms with Crippen LogP contribution in [0.15, 0.2) is 18.2 Å². The molecule has 0 unspecified atom stereocenters. The van der Waals surface area contributed by atoms with Crippen LogP contribution >= 0.6 is 22.6 Å². The van der Waals surface area contributed by atoms with Crippen molar-refractivity contribution in [1.29, 1.82) is 0 Å². The third-order valence-electron chi connectivity index (χ3n) is 2.20. The van der Waals surface area contributed by atoms with E-state index in [1.54, 1.807) is 7.11 Å². The minimum Gasteiger partial charge on any atom is -0.496 e. The summed E-state index contributed by atoms with van der Waals surface area (Å²) < 4.78 is 6.21. The molecule has 3 nitrogen and oxygen atoms in total. The first-order chi connectivity index (χ1) is 7.69. The van der Waals surface area contributed by atoms with Crippen molar-refractivity contribution in [1.82, 2.24) is 5.32 Å². The number of ether oxygens (including phenoxy) is 1. The van der Waals surface area contributed by atoms with Gasteiger partial charge >= 0.3 is 0 Å². The average Bonchev–Trinajstić information content (AvgIpc) is 2.29. The summed E-state index contributed by atoms with van der Waals surface area (Å²) >= 11 is 2.29. The maximum atomic E-state index is 11.9. The minimum absolute atomic E-state index is 0.0644. The lowest BCUT2D eigenvalue weighted by Crippen LogP contribution is -2.25. The van der Waals surface area contributed by atoms with Crippen LogP contribution < -0.4 is 10.1 Å². The molecule has 88 valence electrons. The average molecular weight is 333 g/mol. The molecule has 0 aromatic heterocycles. The van der Waals surface area contributed by atoms with E-state index in [0.717, 1.165) is 16.4 Å². The van der Waals surface area contributed by atoms with Gasteiger partial charge < -0.3 is 10.1 Å². The Morgan fingerprint density at radius 2 is 2.25 bits per heavy atom. The second-order valence-electron chi connectivity index (χ2n) is 3.50.